The lowest BCUT2D eigenvalue weighted by Crippen LogP contribution is -2.28. The number of hydrogen-bond acceptors (Lipinski definition) is 6. The molecule has 0 spiro atoms. The molecule has 1 aliphatic heterocycles. The van der Waals surface area contributed by atoms with Crippen LogP contribution >= 0.6 is 0 Å². The van der Waals surface area contributed by atoms with Gasteiger partial charge in [0.2, 0.25) is 0 Å². The van der Waals surface area contributed by atoms with Crippen molar-refractivity contribution in [2.45, 2.75) is 19.1 Å². The Bertz CT molecular complexity index is 789. The van der Waals surface area contributed by atoms with E-state index in [2.05, 4.69) is 15.6 Å². The lowest BCUT2D eigenvalue weighted by atomic mass is 10.1. The summed E-state index contributed by atoms with van der Waals surface area (Å²) in [6.45, 7) is 0.898. The van der Waals surface area contributed by atoms with Crippen LogP contribution in [0.15, 0.2) is 41.8 Å². The third-order valence-electron chi connectivity index (χ3n) is 3.82. The SMILES string of the molecule is O=C(O)NCC1=NOC(COc2ccccc2-c2cnn(CCO)c2)C1. The van der Waals surface area contributed by atoms with Crippen molar-refractivity contribution in [1.82, 2.24) is 15.1 Å². The van der Waals surface area contributed by atoms with Crippen LogP contribution in [-0.4, -0.2) is 57.7 Å². The molecule has 0 saturated heterocycles. The molecule has 1 aromatic heterocycles. The first kappa shape index (κ1) is 17.7. The van der Waals surface area contributed by atoms with E-state index >= 15 is 0 Å². The van der Waals surface area contributed by atoms with Gasteiger partial charge in [-0.15, -0.1) is 0 Å². The molecule has 1 atom stereocenters. The fourth-order valence-electron chi connectivity index (χ4n) is 2.60. The highest BCUT2D eigenvalue weighted by molar-refractivity contribution is 5.89. The average molecular weight is 360 g/mol. The van der Waals surface area contributed by atoms with Crippen LogP contribution in [0.25, 0.3) is 11.1 Å². The van der Waals surface area contributed by atoms with Gasteiger partial charge < -0.3 is 25.1 Å². The molecule has 2 heterocycles. The summed E-state index contributed by atoms with van der Waals surface area (Å²) in [6.07, 6.45) is 2.73. The number of aliphatic hydroxyl groups excluding tert-OH is 1. The lowest BCUT2D eigenvalue weighted by molar-refractivity contribution is 0.0472. The van der Waals surface area contributed by atoms with E-state index in [1.54, 1.807) is 10.9 Å². The van der Waals surface area contributed by atoms with Gasteiger partial charge in [0, 0.05) is 23.7 Å². The number of amides is 1. The Labute approximate surface area is 149 Å². The van der Waals surface area contributed by atoms with Gasteiger partial charge >= 0.3 is 6.09 Å². The number of carboxylic acid groups (broad SMARTS) is 1. The summed E-state index contributed by atoms with van der Waals surface area (Å²) in [7, 11) is 0. The van der Waals surface area contributed by atoms with Crippen molar-refractivity contribution in [1.29, 1.82) is 0 Å². The fraction of sp³-hybridized carbons (Fsp3) is 0.353. The van der Waals surface area contributed by atoms with Crippen LogP contribution in [0.1, 0.15) is 6.42 Å². The van der Waals surface area contributed by atoms with E-state index in [0.717, 1.165) is 11.1 Å². The lowest BCUT2D eigenvalue weighted by Gasteiger charge is -2.13. The highest BCUT2D eigenvalue weighted by Crippen LogP contribution is 2.30. The van der Waals surface area contributed by atoms with Gasteiger partial charge in [-0.05, 0) is 6.07 Å². The molecule has 9 heteroatoms. The predicted molar refractivity (Wildman–Crippen MR) is 93.2 cm³/mol. The molecule has 26 heavy (non-hydrogen) atoms. The minimum atomic E-state index is -1.09. The minimum Gasteiger partial charge on any atom is -0.489 e. The van der Waals surface area contributed by atoms with Crippen molar-refractivity contribution in [3.63, 3.8) is 0 Å². The Morgan fingerprint density at radius 2 is 2.27 bits per heavy atom. The Hall–Kier alpha value is -3.07. The number of aliphatic hydroxyl groups is 1. The van der Waals surface area contributed by atoms with Gasteiger partial charge in [0.1, 0.15) is 12.4 Å². The number of aromatic nitrogens is 2. The monoisotopic (exact) mass is 360 g/mol. The number of rotatable bonds is 8. The Balaban J connectivity index is 1.58. The van der Waals surface area contributed by atoms with E-state index in [1.165, 1.54) is 0 Å². The molecule has 0 radical (unpaired) electrons. The van der Waals surface area contributed by atoms with Gasteiger partial charge in [-0.25, -0.2) is 4.79 Å². The number of nitrogens with one attached hydrogen (secondary N) is 1. The van der Waals surface area contributed by atoms with Crippen molar-refractivity contribution in [3.05, 3.63) is 36.7 Å². The average Bonchev–Trinajstić information content (AvgIpc) is 3.28. The largest absolute Gasteiger partial charge is 0.489 e. The Morgan fingerprint density at radius 3 is 3.08 bits per heavy atom. The van der Waals surface area contributed by atoms with E-state index in [9.17, 15) is 4.79 Å². The number of hydrogen-bond donors (Lipinski definition) is 3. The van der Waals surface area contributed by atoms with Crippen LogP contribution in [0.5, 0.6) is 5.75 Å². The first-order valence-electron chi connectivity index (χ1n) is 8.19. The van der Waals surface area contributed by atoms with Crippen LogP contribution in [0.2, 0.25) is 0 Å². The second-order valence-corrected chi connectivity index (χ2v) is 5.77. The van der Waals surface area contributed by atoms with Crippen LogP contribution in [0.4, 0.5) is 4.79 Å². The minimum absolute atomic E-state index is 0.0252. The zero-order valence-electron chi connectivity index (χ0n) is 14.0. The zero-order valence-corrected chi connectivity index (χ0v) is 14.0. The standard InChI is InChI=1S/C17H20N4O5/c22-6-5-21-10-12(8-19-21)15-3-1-2-4-16(15)25-11-14-7-13(20-26-14)9-18-17(23)24/h1-4,8,10,14,18,22H,5-7,9,11H2,(H,23,24). The van der Waals surface area contributed by atoms with Crippen molar-refractivity contribution in [3.8, 4) is 16.9 Å². The molecule has 3 rings (SSSR count). The topological polar surface area (TPSA) is 118 Å². The van der Waals surface area contributed by atoms with Crippen molar-refractivity contribution >= 4 is 11.8 Å². The molecule has 1 unspecified atom stereocenters. The van der Waals surface area contributed by atoms with Crippen LogP contribution < -0.4 is 10.1 Å². The van der Waals surface area contributed by atoms with Crippen LogP contribution in [0.3, 0.4) is 0 Å². The molecule has 0 fully saturated rings. The third kappa shape index (κ3) is 4.51. The van der Waals surface area contributed by atoms with Gasteiger partial charge in [-0.2, -0.15) is 5.10 Å². The van der Waals surface area contributed by atoms with Crippen molar-refractivity contribution in [2.75, 3.05) is 19.8 Å². The second kappa shape index (κ2) is 8.34. The maximum atomic E-state index is 10.5. The molecular formula is C17H20N4O5. The molecule has 9 nitrogen and oxygen atoms in total. The molecule has 0 saturated carbocycles. The molecule has 2 aromatic rings. The molecule has 1 amide bonds. The highest BCUT2D eigenvalue weighted by atomic mass is 16.7. The highest BCUT2D eigenvalue weighted by Gasteiger charge is 2.22. The van der Waals surface area contributed by atoms with Crippen molar-refractivity contribution < 1.29 is 24.6 Å². The summed E-state index contributed by atoms with van der Waals surface area (Å²) < 4.78 is 7.57. The summed E-state index contributed by atoms with van der Waals surface area (Å²) >= 11 is 0. The molecule has 0 aliphatic carbocycles. The first-order valence-corrected chi connectivity index (χ1v) is 8.19. The Kier molecular flexibility index (Phi) is 5.69. The molecule has 1 aliphatic rings. The van der Waals surface area contributed by atoms with Gasteiger partial charge in [0.05, 0.1) is 31.6 Å². The summed E-state index contributed by atoms with van der Waals surface area (Å²) in [6, 6.07) is 7.59. The quantitative estimate of drug-likeness (QED) is 0.654. The van der Waals surface area contributed by atoms with Gasteiger partial charge in [-0.1, -0.05) is 23.4 Å². The summed E-state index contributed by atoms with van der Waals surface area (Å²) in [5.41, 5.74) is 2.42. The second-order valence-electron chi connectivity index (χ2n) is 5.77. The number of ether oxygens (including phenoxy) is 1. The predicted octanol–water partition coefficient (Wildman–Crippen LogP) is 1.33. The molecule has 3 N–H and O–H groups in total. The maximum Gasteiger partial charge on any atom is 0.404 e. The maximum absolute atomic E-state index is 10.5. The summed E-state index contributed by atoms with van der Waals surface area (Å²) in [4.78, 5) is 15.8. The number of oxime groups is 1. The fourth-order valence-corrected chi connectivity index (χ4v) is 2.60. The molecule has 1 aromatic carbocycles. The van der Waals surface area contributed by atoms with Crippen molar-refractivity contribution in [2.24, 2.45) is 5.16 Å². The normalized spacial score (nSPS) is 16.0. The number of carbonyl (C=O) groups is 1. The van der Waals surface area contributed by atoms with Crippen LogP contribution in [0, 0.1) is 0 Å². The summed E-state index contributed by atoms with van der Waals surface area (Å²) in [5.74, 6) is 0.691. The van der Waals surface area contributed by atoms with Gasteiger partial charge in [0.15, 0.2) is 6.10 Å². The molecule has 138 valence electrons. The Morgan fingerprint density at radius 1 is 1.42 bits per heavy atom. The number of para-hydroxylation sites is 1. The summed E-state index contributed by atoms with van der Waals surface area (Å²) in [5, 5.41) is 28.0. The van der Waals surface area contributed by atoms with Gasteiger partial charge in [0.25, 0.3) is 0 Å². The van der Waals surface area contributed by atoms with Crippen LogP contribution in [-0.2, 0) is 11.4 Å². The smallest absolute Gasteiger partial charge is 0.404 e. The first-order chi connectivity index (χ1) is 12.7. The van der Waals surface area contributed by atoms with E-state index in [4.69, 9.17) is 19.8 Å². The zero-order chi connectivity index (χ0) is 18.4. The van der Waals surface area contributed by atoms with E-state index in [0.29, 0.717) is 31.0 Å². The molecular weight excluding hydrogens is 340 g/mol. The number of nitrogens with zero attached hydrogens (tertiary/aromatic N) is 3. The number of benzene rings is 1. The van der Waals surface area contributed by atoms with E-state index in [1.807, 2.05) is 30.5 Å². The van der Waals surface area contributed by atoms with E-state index in [-0.39, 0.29) is 19.3 Å². The van der Waals surface area contributed by atoms with Gasteiger partial charge in [-0.3, -0.25) is 4.68 Å². The third-order valence-corrected chi connectivity index (χ3v) is 3.82. The van der Waals surface area contributed by atoms with E-state index < -0.39 is 6.09 Å². The molecule has 0 bridgehead atoms.